The molecule has 92 valence electrons. The number of hydrogen-bond donors (Lipinski definition) is 3. The average Bonchev–Trinajstić information content (AvgIpc) is 2.94. The van der Waals surface area contributed by atoms with Crippen LogP contribution in [0.5, 0.6) is 0 Å². The van der Waals surface area contributed by atoms with Crippen molar-refractivity contribution in [2.24, 2.45) is 22.2 Å². The van der Waals surface area contributed by atoms with Gasteiger partial charge >= 0.3 is 0 Å². The molecule has 1 saturated carbocycles. The van der Waals surface area contributed by atoms with Gasteiger partial charge in [-0.1, -0.05) is 32.0 Å². The van der Waals surface area contributed by atoms with E-state index in [-0.39, 0.29) is 0 Å². The van der Waals surface area contributed by atoms with Crippen molar-refractivity contribution in [3.05, 3.63) is 30.3 Å². The van der Waals surface area contributed by atoms with E-state index in [9.17, 15) is 0 Å². The Morgan fingerprint density at radius 1 is 1.41 bits per heavy atom. The highest BCUT2D eigenvalue weighted by Crippen LogP contribution is 2.51. The molecule has 0 amide bonds. The second kappa shape index (κ2) is 4.75. The summed E-state index contributed by atoms with van der Waals surface area (Å²) in [5.74, 6) is 6.76. The van der Waals surface area contributed by atoms with Crippen LogP contribution in [0, 0.1) is 11.3 Å². The van der Waals surface area contributed by atoms with Gasteiger partial charge in [-0.15, -0.1) is 0 Å². The van der Waals surface area contributed by atoms with Crippen LogP contribution in [0.3, 0.4) is 0 Å². The molecule has 1 aromatic carbocycles. The number of nitrogens with one attached hydrogen (secondary N) is 2. The number of aliphatic imine (C=N–C) groups is 1. The normalized spacial score (nSPS) is 22.1. The van der Waals surface area contributed by atoms with E-state index in [1.807, 2.05) is 30.3 Å². The van der Waals surface area contributed by atoms with Crippen molar-refractivity contribution in [3.8, 4) is 0 Å². The summed E-state index contributed by atoms with van der Waals surface area (Å²) in [6.45, 7) is 5.37. The zero-order valence-corrected chi connectivity index (χ0v) is 10.4. The van der Waals surface area contributed by atoms with Crippen LogP contribution in [0.25, 0.3) is 0 Å². The van der Waals surface area contributed by atoms with Crippen LogP contribution >= 0.6 is 0 Å². The summed E-state index contributed by atoms with van der Waals surface area (Å²) in [5, 5.41) is 3.15. The third-order valence-corrected chi connectivity index (χ3v) is 3.36. The van der Waals surface area contributed by atoms with Crippen molar-refractivity contribution in [2.45, 2.75) is 20.3 Å². The minimum Gasteiger partial charge on any atom is -0.325 e. The molecule has 1 aliphatic carbocycles. The van der Waals surface area contributed by atoms with Crippen LogP contribution in [0.1, 0.15) is 20.3 Å². The molecule has 1 fully saturated rings. The number of hydrogen-bond acceptors (Lipinski definition) is 2. The Morgan fingerprint density at radius 3 is 2.59 bits per heavy atom. The quantitative estimate of drug-likeness (QED) is 0.323. The maximum atomic E-state index is 5.45. The largest absolute Gasteiger partial charge is 0.325 e. The van der Waals surface area contributed by atoms with Gasteiger partial charge in [0.05, 0.1) is 0 Å². The predicted octanol–water partition coefficient (Wildman–Crippen LogP) is 1.96. The molecule has 1 aromatic rings. The summed E-state index contributed by atoms with van der Waals surface area (Å²) < 4.78 is 0. The van der Waals surface area contributed by atoms with Gasteiger partial charge in [-0.3, -0.25) is 10.4 Å². The van der Waals surface area contributed by atoms with E-state index in [0.717, 1.165) is 12.2 Å². The summed E-state index contributed by atoms with van der Waals surface area (Å²) in [5.41, 5.74) is 4.04. The molecule has 2 rings (SSSR count). The maximum absolute atomic E-state index is 5.45. The summed E-state index contributed by atoms with van der Waals surface area (Å²) in [4.78, 5) is 4.46. The summed E-state index contributed by atoms with van der Waals surface area (Å²) in [6, 6.07) is 9.88. The lowest BCUT2D eigenvalue weighted by Crippen LogP contribution is -2.36. The SMILES string of the molecule is CC1(C)CC1CN=C(NN)Nc1ccccc1. The summed E-state index contributed by atoms with van der Waals surface area (Å²) >= 11 is 0. The minimum absolute atomic E-state index is 0.454. The van der Waals surface area contributed by atoms with E-state index in [4.69, 9.17) is 5.84 Å². The predicted molar refractivity (Wildman–Crippen MR) is 71.6 cm³/mol. The standard InChI is InChI=1S/C13H20N4/c1-13(2)8-10(13)9-15-12(17-14)16-11-6-4-3-5-7-11/h3-7,10H,8-9,14H2,1-2H3,(H2,15,16,17). The molecule has 0 radical (unpaired) electrons. The Hall–Kier alpha value is -1.55. The first-order chi connectivity index (χ1) is 8.12. The van der Waals surface area contributed by atoms with Gasteiger partial charge in [0.25, 0.3) is 0 Å². The van der Waals surface area contributed by atoms with Gasteiger partial charge in [-0.2, -0.15) is 0 Å². The van der Waals surface area contributed by atoms with Crippen LogP contribution < -0.4 is 16.6 Å². The van der Waals surface area contributed by atoms with E-state index in [2.05, 4.69) is 29.6 Å². The molecule has 0 saturated heterocycles. The Bertz CT molecular complexity index is 397. The van der Waals surface area contributed by atoms with Crippen LogP contribution in [-0.2, 0) is 0 Å². The molecular weight excluding hydrogens is 212 g/mol. The van der Waals surface area contributed by atoms with Gasteiger partial charge in [0, 0.05) is 12.2 Å². The number of rotatable bonds is 3. The summed E-state index contributed by atoms with van der Waals surface area (Å²) in [7, 11) is 0. The number of guanidine groups is 1. The van der Waals surface area contributed by atoms with Crippen molar-refractivity contribution in [3.63, 3.8) is 0 Å². The molecule has 1 atom stereocenters. The number of nitrogens with zero attached hydrogens (tertiary/aromatic N) is 1. The topological polar surface area (TPSA) is 62.4 Å². The van der Waals surface area contributed by atoms with Gasteiger partial charge in [-0.05, 0) is 29.9 Å². The Kier molecular flexibility index (Phi) is 3.33. The third kappa shape index (κ3) is 3.20. The van der Waals surface area contributed by atoms with Crippen LogP contribution in [-0.4, -0.2) is 12.5 Å². The van der Waals surface area contributed by atoms with Crippen molar-refractivity contribution in [1.82, 2.24) is 5.43 Å². The van der Waals surface area contributed by atoms with Crippen molar-refractivity contribution >= 4 is 11.6 Å². The molecule has 0 aliphatic heterocycles. The number of hydrazine groups is 1. The number of para-hydroxylation sites is 1. The molecule has 4 nitrogen and oxygen atoms in total. The first kappa shape index (κ1) is 11.9. The Labute approximate surface area is 102 Å². The van der Waals surface area contributed by atoms with Gasteiger partial charge in [0.1, 0.15) is 0 Å². The van der Waals surface area contributed by atoms with Crippen molar-refractivity contribution in [1.29, 1.82) is 0 Å². The zero-order chi connectivity index (χ0) is 12.3. The highest BCUT2D eigenvalue weighted by atomic mass is 15.3. The molecule has 1 aliphatic rings. The second-order valence-corrected chi connectivity index (χ2v) is 5.21. The molecule has 4 N–H and O–H groups in total. The highest BCUT2D eigenvalue weighted by molar-refractivity contribution is 5.93. The molecule has 0 heterocycles. The monoisotopic (exact) mass is 232 g/mol. The fraction of sp³-hybridized carbons (Fsp3) is 0.462. The lowest BCUT2D eigenvalue weighted by Gasteiger charge is -2.09. The molecule has 4 heteroatoms. The Balaban J connectivity index is 1.91. The maximum Gasteiger partial charge on any atom is 0.210 e. The average molecular weight is 232 g/mol. The number of anilines is 1. The molecule has 0 aromatic heterocycles. The second-order valence-electron chi connectivity index (χ2n) is 5.21. The van der Waals surface area contributed by atoms with Gasteiger partial charge in [-0.25, -0.2) is 5.84 Å². The lowest BCUT2D eigenvalue weighted by molar-refractivity contribution is 0.565. The lowest BCUT2D eigenvalue weighted by atomic mass is 10.1. The molecule has 17 heavy (non-hydrogen) atoms. The van der Waals surface area contributed by atoms with E-state index in [1.165, 1.54) is 6.42 Å². The van der Waals surface area contributed by atoms with E-state index in [1.54, 1.807) is 0 Å². The van der Waals surface area contributed by atoms with Crippen LogP contribution in [0.2, 0.25) is 0 Å². The van der Waals surface area contributed by atoms with E-state index < -0.39 is 0 Å². The highest BCUT2D eigenvalue weighted by Gasteiger charge is 2.45. The first-order valence-corrected chi connectivity index (χ1v) is 5.95. The van der Waals surface area contributed by atoms with Crippen molar-refractivity contribution in [2.75, 3.05) is 11.9 Å². The minimum atomic E-state index is 0.454. The Morgan fingerprint density at radius 2 is 2.06 bits per heavy atom. The third-order valence-electron chi connectivity index (χ3n) is 3.36. The van der Waals surface area contributed by atoms with Gasteiger partial charge in [0.2, 0.25) is 5.96 Å². The first-order valence-electron chi connectivity index (χ1n) is 5.95. The van der Waals surface area contributed by atoms with E-state index in [0.29, 0.717) is 17.3 Å². The van der Waals surface area contributed by atoms with Crippen molar-refractivity contribution < 1.29 is 0 Å². The number of benzene rings is 1. The molecule has 0 spiro atoms. The molecular formula is C13H20N4. The van der Waals surface area contributed by atoms with Crippen LogP contribution in [0.4, 0.5) is 5.69 Å². The molecule has 1 unspecified atom stereocenters. The van der Waals surface area contributed by atoms with Gasteiger partial charge in [0.15, 0.2) is 0 Å². The summed E-state index contributed by atoms with van der Waals surface area (Å²) in [6.07, 6.45) is 1.25. The van der Waals surface area contributed by atoms with Crippen LogP contribution in [0.15, 0.2) is 35.3 Å². The number of nitrogens with two attached hydrogens (primary N) is 1. The smallest absolute Gasteiger partial charge is 0.210 e. The fourth-order valence-corrected chi connectivity index (χ4v) is 1.87. The zero-order valence-electron chi connectivity index (χ0n) is 10.4. The fourth-order valence-electron chi connectivity index (χ4n) is 1.87. The van der Waals surface area contributed by atoms with Gasteiger partial charge < -0.3 is 5.32 Å². The van der Waals surface area contributed by atoms with E-state index >= 15 is 0 Å². The molecule has 0 bridgehead atoms.